The van der Waals surface area contributed by atoms with Crippen molar-refractivity contribution in [1.29, 1.82) is 0 Å². The van der Waals surface area contributed by atoms with E-state index in [0.717, 1.165) is 4.90 Å². The van der Waals surface area contributed by atoms with Crippen LogP contribution in [0, 0.1) is 16.0 Å². The highest BCUT2D eigenvalue weighted by Crippen LogP contribution is 2.33. The molecule has 0 radical (unpaired) electrons. The molecule has 1 saturated heterocycles. The third kappa shape index (κ3) is 4.57. The summed E-state index contributed by atoms with van der Waals surface area (Å²) in [5.74, 6) is -1.48. The molecule has 0 unspecified atom stereocenters. The number of carbonyl (C=O) groups is 1. The van der Waals surface area contributed by atoms with Gasteiger partial charge in [-0.05, 0) is 18.4 Å². The average Bonchev–Trinajstić information content (AvgIpc) is 2.52. The minimum absolute atomic E-state index is 0.0373. The van der Waals surface area contributed by atoms with Crippen LogP contribution in [0.15, 0.2) is 24.3 Å². The van der Waals surface area contributed by atoms with Crippen LogP contribution in [0.4, 0.5) is 23.7 Å². The van der Waals surface area contributed by atoms with Gasteiger partial charge in [0.15, 0.2) is 0 Å². The van der Waals surface area contributed by atoms with Crippen molar-refractivity contribution in [2.75, 3.05) is 13.1 Å². The largest absolute Gasteiger partial charge is 0.393 e. The van der Waals surface area contributed by atoms with Crippen LogP contribution in [0.3, 0.4) is 0 Å². The first-order valence-corrected chi connectivity index (χ1v) is 7.10. The number of nitro groups is 1. The first-order valence-electron chi connectivity index (χ1n) is 7.10. The molecule has 23 heavy (non-hydrogen) atoms. The molecule has 0 aliphatic carbocycles. The molecule has 1 N–H and O–H groups in total. The van der Waals surface area contributed by atoms with Crippen molar-refractivity contribution in [2.45, 2.75) is 25.6 Å². The fourth-order valence-electron chi connectivity index (χ4n) is 2.45. The second-order valence-electron chi connectivity index (χ2n) is 5.41. The maximum Gasteiger partial charge on any atom is 0.393 e. The zero-order valence-electron chi connectivity index (χ0n) is 12.2. The van der Waals surface area contributed by atoms with E-state index in [0.29, 0.717) is 18.5 Å². The Morgan fingerprint density at radius 2 is 2.00 bits per heavy atom. The van der Waals surface area contributed by atoms with E-state index in [2.05, 4.69) is 5.32 Å². The number of hydrogen-bond donors (Lipinski definition) is 1. The topological polar surface area (TPSA) is 75.5 Å². The number of halogens is 3. The van der Waals surface area contributed by atoms with E-state index in [9.17, 15) is 28.1 Å². The number of likely N-dealkylation sites (tertiary alicyclic amines) is 1. The van der Waals surface area contributed by atoms with Crippen molar-refractivity contribution in [1.82, 2.24) is 10.2 Å². The van der Waals surface area contributed by atoms with E-state index in [-0.39, 0.29) is 25.2 Å². The van der Waals surface area contributed by atoms with Gasteiger partial charge in [0.2, 0.25) is 0 Å². The number of hydrogen-bond acceptors (Lipinski definition) is 3. The van der Waals surface area contributed by atoms with Crippen molar-refractivity contribution in [3.05, 3.63) is 39.9 Å². The highest BCUT2D eigenvalue weighted by atomic mass is 19.4. The zero-order chi connectivity index (χ0) is 17.0. The Bertz CT molecular complexity index is 575. The molecule has 0 aromatic heterocycles. The summed E-state index contributed by atoms with van der Waals surface area (Å²) in [7, 11) is 0. The number of non-ortho nitro benzene ring substituents is 1. The smallest absolute Gasteiger partial charge is 0.334 e. The van der Waals surface area contributed by atoms with Crippen molar-refractivity contribution in [3.63, 3.8) is 0 Å². The number of piperidine rings is 1. The third-order valence-electron chi connectivity index (χ3n) is 3.76. The summed E-state index contributed by atoms with van der Waals surface area (Å²) in [4.78, 5) is 23.1. The van der Waals surface area contributed by atoms with Gasteiger partial charge in [-0.2, -0.15) is 13.2 Å². The Kier molecular flexibility index (Phi) is 5.07. The minimum atomic E-state index is -4.29. The number of nitrogens with one attached hydrogen (secondary N) is 1. The van der Waals surface area contributed by atoms with Gasteiger partial charge in [-0.25, -0.2) is 4.79 Å². The quantitative estimate of drug-likeness (QED) is 0.683. The molecule has 1 atom stereocenters. The van der Waals surface area contributed by atoms with Gasteiger partial charge in [-0.1, -0.05) is 12.1 Å². The molecule has 1 fully saturated rings. The summed E-state index contributed by atoms with van der Waals surface area (Å²) in [6.45, 7) is 0.0539. The molecule has 0 spiro atoms. The molecule has 1 heterocycles. The van der Waals surface area contributed by atoms with Crippen molar-refractivity contribution in [2.24, 2.45) is 5.92 Å². The Hall–Kier alpha value is -2.32. The molecular formula is C14H16F3N3O3. The Morgan fingerprint density at radius 1 is 1.35 bits per heavy atom. The molecule has 0 bridgehead atoms. The van der Waals surface area contributed by atoms with E-state index in [1.54, 1.807) is 0 Å². The molecule has 9 heteroatoms. The van der Waals surface area contributed by atoms with E-state index in [4.69, 9.17) is 0 Å². The van der Waals surface area contributed by atoms with Crippen LogP contribution >= 0.6 is 0 Å². The van der Waals surface area contributed by atoms with Gasteiger partial charge < -0.3 is 10.2 Å². The maximum atomic E-state index is 12.7. The SMILES string of the molecule is O=C(NCc1ccc([N+](=O)[O-])cc1)N1CCC[C@H](C(F)(F)F)C1. The van der Waals surface area contributed by atoms with Crippen molar-refractivity contribution in [3.8, 4) is 0 Å². The lowest BCUT2D eigenvalue weighted by atomic mass is 9.98. The molecule has 1 aromatic rings. The van der Waals surface area contributed by atoms with Gasteiger partial charge in [0, 0.05) is 31.8 Å². The lowest BCUT2D eigenvalue weighted by Gasteiger charge is -2.33. The first-order chi connectivity index (χ1) is 10.8. The van der Waals surface area contributed by atoms with E-state index in [1.807, 2.05) is 0 Å². The van der Waals surface area contributed by atoms with Gasteiger partial charge in [0.05, 0.1) is 10.8 Å². The number of nitrogens with zero attached hydrogens (tertiary/aromatic N) is 2. The molecule has 2 rings (SSSR count). The highest BCUT2D eigenvalue weighted by Gasteiger charge is 2.42. The zero-order valence-corrected chi connectivity index (χ0v) is 12.2. The van der Waals surface area contributed by atoms with E-state index in [1.165, 1.54) is 24.3 Å². The van der Waals surface area contributed by atoms with Gasteiger partial charge in [-0.15, -0.1) is 0 Å². The maximum absolute atomic E-state index is 12.7. The third-order valence-corrected chi connectivity index (χ3v) is 3.76. The van der Waals surface area contributed by atoms with Gasteiger partial charge in [0.25, 0.3) is 5.69 Å². The molecule has 2 amide bonds. The van der Waals surface area contributed by atoms with Crippen LogP contribution in [0.5, 0.6) is 0 Å². The lowest BCUT2D eigenvalue weighted by Crippen LogP contribution is -2.48. The van der Waals surface area contributed by atoms with Crippen LogP contribution in [-0.4, -0.2) is 35.1 Å². The number of nitro benzene ring substituents is 1. The van der Waals surface area contributed by atoms with Crippen molar-refractivity contribution >= 4 is 11.7 Å². The summed E-state index contributed by atoms with van der Waals surface area (Å²) in [5.41, 5.74) is 0.567. The first kappa shape index (κ1) is 17.0. The number of rotatable bonds is 3. The normalized spacial score (nSPS) is 18.6. The molecule has 1 aliphatic rings. The van der Waals surface area contributed by atoms with Crippen LogP contribution < -0.4 is 5.32 Å². The summed E-state index contributed by atoms with van der Waals surface area (Å²) < 4.78 is 38.2. The number of amides is 2. The Morgan fingerprint density at radius 3 is 2.57 bits per heavy atom. The van der Waals surface area contributed by atoms with Crippen molar-refractivity contribution < 1.29 is 22.9 Å². The van der Waals surface area contributed by atoms with Gasteiger partial charge in [-0.3, -0.25) is 10.1 Å². The second kappa shape index (κ2) is 6.84. The highest BCUT2D eigenvalue weighted by molar-refractivity contribution is 5.74. The number of carbonyl (C=O) groups excluding carboxylic acids is 1. The fourth-order valence-corrected chi connectivity index (χ4v) is 2.45. The molecule has 0 saturated carbocycles. The second-order valence-corrected chi connectivity index (χ2v) is 5.41. The van der Waals surface area contributed by atoms with Crippen LogP contribution in [0.1, 0.15) is 18.4 Å². The van der Waals surface area contributed by atoms with E-state index < -0.39 is 23.0 Å². The number of urea groups is 1. The lowest BCUT2D eigenvalue weighted by molar-refractivity contribution is -0.384. The van der Waals surface area contributed by atoms with Gasteiger partial charge in [0.1, 0.15) is 0 Å². The summed E-state index contributed by atoms with van der Waals surface area (Å²) >= 11 is 0. The molecular weight excluding hydrogens is 315 g/mol. The standard InChI is InChI=1S/C14H16F3N3O3/c15-14(16,17)11-2-1-7-19(9-11)13(21)18-8-10-3-5-12(6-4-10)20(22)23/h3-6,11H,1-2,7-9H2,(H,18,21)/t11-/m0/s1. The average molecular weight is 331 g/mol. The van der Waals surface area contributed by atoms with Crippen LogP contribution in [0.25, 0.3) is 0 Å². The molecule has 6 nitrogen and oxygen atoms in total. The molecule has 1 aromatic carbocycles. The monoisotopic (exact) mass is 331 g/mol. The number of benzene rings is 1. The van der Waals surface area contributed by atoms with Crippen LogP contribution in [0.2, 0.25) is 0 Å². The fraction of sp³-hybridized carbons (Fsp3) is 0.500. The summed E-state index contributed by atoms with van der Waals surface area (Å²) in [5, 5.41) is 13.1. The number of alkyl halides is 3. The minimum Gasteiger partial charge on any atom is -0.334 e. The van der Waals surface area contributed by atoms with Gasteiger partial charge >= 0.3 is 12.2 Å². The summed E-state index contributed by atoms with van der Waals surface area (Å²) in [6.07, 6.45) is -3.94. The molecule has 126 valence electrons. The Labute approximate surface area is 130 Å². The summed E-state index contributed by atoms with van der Waals surface area (Å²) in [6, 6.07) is 5.04. The Balaban J connectivity index is 1.88. The molecule has 1 aliphatic heterocycles. The van der Waals surface area contributed by atoms with Crippen LogP contribution in [-0.2, 0) is 6.54 Å². The predicted molar refractivity (Wildman–Crippen MR) is 75.7 cm³/mol. The predicted octanol–water partition coefficient (Wildman–Crippen LogP) is 3.08. The van der Waals surface area contributed by atoms with E-state index >= 15 is 0 Å².